The van der Waals surface area contributed by atoms with E-state index in [0.717, 1.165) is 16.0 Å². The normalized spacial score (nSPS) is 12.8. The zero-order valence-electron chi connectivity index (χ0n) is 8.89. The van der Waals surface area contributed by atoms with Crippen LogP contribution in [0.2, 0.25) is 5.02 Å². The highest BCUT2D eigenvalue weighted by molar-refractivity contribution is 9.10. The second-order valence-electron chi connectivity index (χ2n) is 3.47. The first kappa shape index (κ1) is 13.0. The number of rotatable bonds is 5. The lowest BCUT2D eigenvalue weighted by Crippen LogP contribution is -2.29. The van der Waals surface area contributed by atoms with E-state index < -0.39 is 0 Å². The van der Waals surface area contributed by atoms with E-state index in [1.165, 1.54) is 5.56 Å². The highest BCUT2D eigenvalue weighted by atomic mass is 79.9. The third-order valence-electron chi connectivity index (χ3n) is 2.07. The molecule has 0 aliphatic carbocycles. The molecule has 1 rings (SSSR count). The molecular weight excluding hydrogens is 277 g/mol. The van der Waals surface area contributed by atoms with Crippen molar-refractivity contribution in [2.75, 3.05) is 13.7 Å². The van der Waals surface area contributed by atoms with Crippen molar-refractivity contribution in [1.29, 1.82) is 0 Å². The average molecular weight is 293 g/mol. The predicted molar refractivity (Wildman–Crippen MR) is 67.3 cm³/mol. The summed E-state index contributed by atoms with van der Waals surface area (Å²) in [4.78, 5) is 0. The molecule has 0 saturated heterocycles. The molecule has 0 aliphatic rings. The van der Waals surface area contributed by atoms with Gasteiger partial charge in [-0.3, -0.25) is 0 Å². The molecule has 1 aromatic rings. The minimum Gasteiger partial charge on any atom is -0.383 e. The van der Waals surface area contributed by atoms with Crippen LogP contribution in [0, 0.1) is 0 Å². The molecule has 1 unspecified atom stereocenters. The topological polar surface area (TPSA) is 21.3 Å². The zero-order chi connectivity index (χ0) is 11.3. The molecule has 0 fully saturated rings. The lowest BCUT2D eigenvalue weighted by Gasteiger charge is -2.13. The van der Waals surface area contributed by atoms with Crippen LogP contribution in [0.1, 0.15) is 12.5 Å². The van der Waals surface area contributed by atoms with Gasteiger partial charge in [0, 0.05) is 29.2 Å². The Labute approximate surface area is 104 Å². The second kappa shape index (κ2) is 6.48. The summed E-state index contributed by atoms with van der Waals surface area (Å²) in [6.45, 7) is 3.61. The summed E-state index contributed by atoms with van der Waals surface area (Å²) in [5.41, 5.74) is 1.20. The lowest BCUT2D eigenvalue weighted by molar-refractivity contribution is 0.171. The highest BCUT2D eigenvalue weighted by Gasteiger charge is 2.03. The molecule has 4 heteroatoms. The largest absolute Gasteiger partial charge is 0.383 e. The highest BCUT2D eigenvalue weighted by Crippen LogP contribution is 2.21. The lowest BCUT2D eigenvalue weighted by atomic mass is 10.2. The van der Waals surface area contributed by atoms with Crippen molar-refractivity contribution in [2.45, 2.75) is 19.5 Å². The quantitative estimate of drug-likeness (QED) is 0.900. The average Bonchev–Trinajstić information content (AvgIpc) is 2.17. The summed E-state index contributed by atoms with van der Waals surface area (Å²) in [6, 6.07) is 6.15. The van der Waals surface area contributed by atoms with Crippen molar-refractivity contribution in [1.82, 2.24) is 5.32 Å². The van der Waals surface area contributed by atoms with E-state index in [-0.39, 0.29) is 0 Å². The molecule has 0 aliphatic heterocycles. The van der Waals surface area contributed by atoms with Crippen LogP contribution in [0.3, 0.4) is 0 Å². The molecule has 1 atom stereocenters. The fraction of sp³-hybridized carbons (Fsp3) is 0.455. The molecule has 0 heterocycles. The van der Waals surface area contributed by atoms with Crippen LogP contribution in [-0.2, 0) is 11.3 Å². The molecule has 15 heavy (non-hydrogen) atoms. The van der Waals surface area contributed by atoms with Crippen molar-refractivity contribution < 1.29 is 4.74 Å². The van der Waals surface area contributed by atoms with Gasteiger partial charge in [-0.15, -0.1) is 0 Å². The molecule has 1 aromatic carbocycles. The molecule has 0 spiro atoms. The smallest absolute Gasteiger partial charge is 0.0613 e. The Hall–Kier alpha value is -0.0900. The van der Waals surface area contributed by atoms with Gasteiger partial charge in [0.2, 0.25) is 0 Å². The molecule has 1 N–H and O–H groups in total. The number of halogens is 2. The monoisotopic (exact) mass is 291 g/mol. The van der Waals surface area contributed by atoms with Crippen molar-refractivity contribution >= 4 is 27.5 Å². The first-order valence-electron chi connectivity index (χ1n) is 4.79. The molecule has 84 valence electrons. The molecule has 2 nitrogen and oxygen atoms in total. The van der Waals surface area contributed by atoms with E-state index in [2.05, 4.69) is 28.2 Å². The molecular formula is C11H15BrClNO. The Kier molecular flexibility index (Phi) is 5.61. The van der Waals surface area contributed by atoms with E-state index in [4.69, 9.17) is 16.3 Å². The van der Waals surface area contributed by atoms with Gasteiger partial charge >= 0.3 is 0 Å². The van der Waals surface area contributed by atoms with Crippen LogP contribution in [0.25, 0.3) is 0 Å². The first-order valence-corrected chi connectivity index (χ1v) is 5.97. The summed E-state index contributed by atoms with van der Waals surface area (Å²) in [5.74, 6) is 0. The summed E-state index contributed by atoms with van der Waals surface area (Å²) in [7, 11) is 1.70. The summed E-state index contributed by atoms with van der Waals surface area (Å²) < 4.78 is 6.08. The minimum atomic E-state index is 0.345. The Morgan fingerprint density at radius 1 is 1.53 bits per heavy atom. The maximum Gasteiger partial charge on any atom is 0.0613 e. The van der Waals surface area contributed by atoms with Crippen LogP contribution in [0.4, 0.5) is 0 Å². The number of nitrogens with one attached hydrogen (secondary N) is 1. The van der Waals surface area contributed by atoms with Crippen molar-refractivity contribution in [3.63, 3.8) is 0 Å². The van der Waals surface area contributed by atoms with Gasteiger partial charge in [0.05, 0.1) is 6.61 Å². The van der Waals surface area contributed by atoms with Gasteiger partial charge in [-0.1, -0.05) is 33.6 Å². The molecule has 0 radical (unpaired) electrons. The van der Waals surface area contributed by atoms with Gasteiger partial charge in [-0.05, 0) is 24.6 Å². The van der Waals surface area contributed by atoms with Gasteiger partial charge in [-0.2, -0.15) is 0 Å². The van der Waals surface area contributed by atoms with Crippen LogP contribution >= 0.6 is 27.5 Å². The second-order valence-corrected chi connectivity index (χ2v) is 4.76. The maximum atomic E-state index is 5.86. The first-order chi connectivity index (χ1) is 7.13. The van der Waals surface area contributed by atoms with Gasteiger partial charge in [-0.25, -0.2) is 0 Å². The van der Waals surface area contributed by atoms with E-state index in [1.54, 1.807) is 7.11 Å². The molecule has 0 amide bonds. The number of benzene rings is 1. The number of ether oxygens (including phenoxy) is 1. The Morgan fingerprint density at radius 3 is 2.87 bits per heavy atom. The molecule has 0 saturated carbocycles. The van der Waals surface area contributed by atoms with Crippen LogP contribution < -0.4 is 5.32 Å². The summed E-state index contributed by atoms with van der Waals surface area (Å²) >= 11 is 9.34. The van der Waals surface area contributed by atoms with Crippen LogP contribution in [0.5, 0.6) is 0 Å². The third kappa shape index (κ3) is 4.51. The van der Waals surface area contributed by atoms with Crippen LogP contribution in [-0.4, -0.2) is 19.8 Å². The van der Waals surface area contributed by atoms with Crippen molar-refractivity contribution in [3.8, 4) is 0 Å². The van der Waals surface area contributed by atoms with E-state index in [0.29, 0.717) is 12.6 Å². The SMILES string of the molecule is COCC(C)NCc1ccc(Cl)cc1Br. The predicted octanol–water partition coefficient (Wildman–Crippen LogP) is 3.23. The van der Waals surface area contributed by atoms with Gasteiger partial charge in [0.1, 0.15) is 0 Å². The van der Waals surface area contributed by atoms with Gasteiger partial charge in [0.15, 0.2) is 0 Å². The van der Waals surface area contributed by atoms with Crippen LogP contribution in [0.15, 0.2) is 22.7 Å². The fourth-order valence-electron chi connectivity index (χ4n) is 1.26. The summed E-state index contributed by atoms with van der Waals surface area (Å²) in [6.07, 6.45) is 0. The van der Waals surface area contributed by atoms with E-state index in [9.17, 15) is 0 Å². The van der Waals surface area contributed by atoms with E-state index in [1.807, 2.05) is 18.2 Å². The molecule has 0 aromatic heterocycles. The van der Waals surface area contributed by atoms with E-state index >= 15 is 0 Å². The third-order valence-corrected chi connectivity index (χ3v) is 3.05. The van der Waals surface area contributed by atoms with Gasteiger partial charge < -0.3 is 10.1 Å². The standard InChI is InChI=1S/C11H15BrClNO/c1-8(7-15-2)14-6-9-3-4-10(13)5-11(9)12/h3-5,8,14H,6-7H2,1-2H3. The Bertz CT molecular complexity index is 319. The minimum absolute atomic E-state index is 0.345. The zero-order valence-corrected chi connectivity index (χ0v) is 11.2. The van der Waals surface area contributed by atoms with Crippen molar-refractivity contribution in [2.24, 2.45) is 0 Å². The summed E-state index contributed by atoms with van der Waals surface area (Å²) in [5, 5.41) is 4.11. The Morgan fingerprint density at radius 2 is 2.27 bits per heavy atom. The maximum absolute atomic E-state index is 5.86. The van der Waals surface area contributed by atoms with Crippen molar-refractivity contribution in [3.05, 3.63) is 33.3 Å². The number of methoxy groups -OCH3 is 1. The van der Waals surface area contributed by atoms with Gasteiger partial charge in [0.25, 0.3) is 0 Å². The number of hydrogen-bond donors (Lipinski definition) is 1. The number of hydrogen-bond acceptors (Lipinski definition) is 2. The Balaban J connectivity index is 2.50. The fourth-order valence-corrected chi connectivity index (χ4v) is 2.08. The molecule has 0 bridgehead atoms.